The van der Waals surface area contributed by atoms with Crippen LogP contribution in [0.3, 0.4) is 0 Å². The molecule has 0 spiro atoms. The number of aromatic nitrogens is 1. The Balaban J connectivity index is 1.84. The first-order valence-electron chi connectivity index (χ1n) is 13.3. The second-order valence-electron chi connectivity index (χ2n) is 11.8. The minimum atomic E-state index is -0.802. The Morgan fingerprint density at radius 2 is 1.52 bits per heavy atom. The zero-order valence-corrected chi connectivity index (χ0v) is 24.1. The number of rotatable bonds is 4. The third-order valence-electron chi connectivity index (χ3n) is 6.58. The highest BCUT2D eigenvalue weighted by atomic mass is 16.6. The quantitative estimate of drug-likeness (QED) is 0.201. The Hall–Kier alpha value is -4.14. The third kappa shape index (κ3) is 5.73. The lowest BCUT2D eigenvalue weighted by Gasteiger charge is -2.29. The number of likely N-dealkylation sites (tertiary alicyclic amines) is 1. The summed E-state index contributed by atoms with van der Waals surface area (Å²) in [4.78, 5) is 53.2. The maximum absolute atomic E-state index is 13.5. The van der Waals surface area contributed by atoms with Crippen molar-refractivity contribution in [2.45, 2.75) is 71.6 Å². The Morgan fingerprint density at radius 3 is 2.10 bits per heavy atom. The topological polar surface area (TPSA) is 104 Å². The number of fused-ring (bicyclic) bond motifs is 1. The van der Waals surface area contributed by atoms with Gasteiger partial charge < -0.3 is 19.1 Å². The van der Waals surface area contributed by atoms with Crippen molar-refractivity contribution in [3.63, 3.8) is 0 Å². The number of hydrogen-bond acceptors (Lipinski definition) is 7. The molecule has 1 aliphatic rings. The van der Waals surface area contributed by atoms with Gasteiger partial charge in [0, 0.05) is 17.5 Å². The molecule has 3 aromatic rings. The summed E-state index contributed by atoms with van der Waals surface area (Å²) in [6, 6.07) is 12.1. The first-order chi connectivity index (χ1) is 18.8. The number of ether oxygens (including phenoxy) is 3. The van der Waals surface area contributed by atoms with Crippen LogP contribution >= 0.6 is 0 Å². The maximum atomic E-state index is 13.5. The maximum Gasteiger partial charge on any atom is 0.419 e. The van der Waals surface area contributed by atoms with Crippen LogP contribution in [-0.4, -0.2) is 58.8 Å². The fraction of sp³-hybridized carbons (Fsp3) is 0.419. The SMILES string of the molecule is COC(=O)c1cccc2c1c(C=O)c(-c1ccc(C3CCCN3C(=O)OC(C)(C)C)cc1)n2C(=O)OC(C)(C)C. The zero-order valence-electron chi connectivity index (χ0n) is 24.1. The molecule has 0 bridgehead atoms. The predicted octanol–water partition coefficient (Wildman–Crippen LogP) is 6.76. The molecule has 9 nitrogen and oxygen atoms in total. The lowest BCUT2D eigenvalue weighted by atomic mass is 9.99. The van der Waals surface area contributed by atoms with Gasteiger partial charge in [-0.05, 0) is 77.6 Å². The first-order valence-corrected chi connectivity index (χ1v) is 13.3. The van der Waals surface area contributed by atoms with Crippen molar-refractivity contribution >= 4 is 35.3 Å². The van der Waals surface area contributed by atoms with E-state index in [0.29, 0.717) is 35.0 Å². The van der Waals surface area contributed by atoms with Gasteiger partial charge in [0.05, 0.1) is 29.9 Å². The van der Waals surface area contributed by atoms with Crippen LogP contribution in [0.25, 0.3) is 22.2 Å². The van der Waals surface area contributed by atoms with Gasteiger partial charge in [-0.15, -0.1) is 0 Å². The molecule has 1 saturated heterocycles. The van der Waals surface area contributed by atoms with Crippen LogP contribution in [0.4, 0.5) is 9.59 Å². The average Bonchev–Trinajstić information content (AvgIpc) is 3.49. The van der Waals surface area contributed by atoms with Gasteiger partial charge in [0.2, 0.25) is 0 Å². The second kappa shape index (κ2) is 10.8. The fourth-order valence-corrected chi connectivity index (χ4v) is 5.06. The molecular weight excluding hydrogens is 512 g/mol. The summed E-state index contributed by atoms with van der Waals surface area (Å²) in [5.74, 6) is -0.625. The number of aldehydes is 1. The van der Waals surface area contributed by atoms with Crippen molar-refractivity contribution < 1.29 is 33.4 Å². The molecule has 2 heterocycles. The van der Waals surface area contributed by atoms with E-state index >= 15 is 0 Å². The lowest BCUT2D eigenvalue weighted by Crippen LogP contribution is -2.36. The van der Waals surface area contributed by atoms with E-state index in [1.807, 2.05) is 32.9 Å². The number of carbonyl (C=O) groups is 4. The van der Waals surface area contributed by atoms with E-state index < -0.39 is 23.3 Å². The largest absolute Gasteiger partial charge is 0.465 e. The molecule has 2 aromatic carbocycles. The van der Waals surface area contributed by atoms with Crippen LogP contribution in [0.2, 0.25) is 0 Å². The zero-order chi connectivity index (χ0) is 29.4. The molecule has 1 amide bonds. The van der Waals surface area contributed by atoms with Gasteiger partial charge in [0.1, 0.15) is 11.2 Å². The minimum Gasteiger partial charge on any atom is -0.465 e. The standard InChI is InChI=1S/C31H36N2O7/c1-30(2,3)39-28(36)32-17-9-12-23(32)19-13-15-20(16-14-19)26-22(18-34)25-21(27(35)38-7)10-8-11-24(25)33(26)29(37)40-31(4,5)6/h8,10-11,13-16,18,23H,9,12,17H2,1-7H3. The normalized spacial score (nSPS) is 15.7. The minimum absolute atomic E-state index is 0.155. The number of carbonyl (C=O) groups excluding carboxylic acids is 4. The highest BCUT2D eigenvalue weighted by molar-refractivity contribution is 6.16. The van der Waals surface area contributed by atoms with E-state index in [4.69, 9.17) is 14.2 Å². The predicted molar refractivity (Wildman–Crippen MR) is 151 cm³/mol. The Morgan fingerprint density at radius 1 is 0.900 bits per heavy atom. The summed E-state index contributed by atoms with van der Waals surface area (Å²) in [6.45, 7) is 11.4. The van der Waals surface area contributed by atoms with Gasteiger partial charge >= 0.3 is 18.2 Å². The fourth-order valence-electron chi connectivity index (χ4n) is 5.06. The summed E-state index contributed by atoms with van der Waals surface area (Å²) >= 11 is 0. The molecule has 9 heteroatoms. The molecular formula is C31H36N2O7. The number of nitrogens with zero attached hydrogens (tertiary/aromatic N) is 2. The molecule has 1 fully saturated rings. The summed E-state index contributed by atoms with van der Waals surface area (Å²) in [5, 5.41) is 0.307. The van der Waals surface area contributed by atoms with Crippen molar-refractivity contribution in [1.29, 1.82) is 0 Å². The molecule has 40 heavy (non-hydrogen) atoms. The third-order valence-corrected chi connectivity index (χ3v) is 6.58. The van der Waals surface area contributed by atoms with Gasteiger partial charge in [0.15, 0.2) is 6.29 Å². The Bertz CT molecular complexity index is 1460. The molecule has 212 valence electrons. The van der Waals surface area contributed by atoms with E-state index in [-0.39, 0.29) is 23.3 Å². The van der Waals surface area contributed by atoms with Gasteiger partial charge in [-0.2, -0.15) is 0 Å². The summed E-state index contributed by atoms with van der Waals surface area (Å²) in [6.07, 6.45) is 1.24. The average molecular weight is 549 g/mol. The van der Waals surface area contributed by atoms with E-state index in [1.165, 1.54) is 11.7 Å². The highest BCUT2D eigenvalue weighted by Crippen LogP contribution is 2.38. The molecule has 1 atom stereocenters. The van der Waals surface area contributed by atoms with Crippen LogP contribution < -0.4 is 0 Å². The second-order valence-corrected chi connectivity index (χ2v) is 11.8. The molecule has 0 radical (unpaired) electrons. The van der Waals surface area contributed by atoms with Crippen LogP contribution in [0.1, 0.15) is 86.7 Å². The Labute approximate surface area is 234 Å². The molecule has 0 saturated carbocycles. The van der Waals surface area contributed by atoms with Gasteiger partial charge in [0.25, 0.3) is 0 Å². The Kier molecular flexibility index (Phi) is 7.78. The summed E-state index contributed by atoms with van der Waals surface area (Å²) in [5.41, 5.74) is 1.08. The van der Waals surface area contributed by atoms with Crippen molar-refractivity contribution in [2.75, 3.05) is 13.7 Å². The van der Waals surface area contributed by atoms with Crippen molar-refractivity contribution in [1.82, 2.24) is 9.47 Å². The van der Waals surface area contributed by atoms with Crippen molar-refractivity contribution in [3.8, 4) is 11.3 Å². The lowest BCUT2D eigenvalue weighted by molar-refractivity contribution is 0.0223. The van der Waals surface area contributed by atoms with Crippen LogP contribution in [0, 0.1) is 0 Å². The number of benzene rings is 2. The van der Waals surface area contributed by atoms with Crippen molar-refractivity contribution in [2.24, 2.45) is 0 Å². The molecule has 4 rings (SSSR count). The number of hydrogen-bond donors (Lipinski definition) is 0. The van der Waals surface area contributed by atoms with E-state index in [2.05, 4.69) is 0 Å². The first kappa shape index (κ1) is 28.9. The molecule has 1 unspecified atom stereocenters. The van der Waals surface area contributed by atoms with E-state index in [1.54, 1.807) is 56.0 Å². The molecule has 1 aromatic heterocycles. The number of esters is 1. The van der Waals surface area contributed by atoms with Crippen molar-refractivity contribution in [3.05, 3.63) is 59.2 Å². The van der Waals surface area contributed by atoms with Gasteiger partial charge in [-0.1, -0.05) is 30.3 Å². The van der Waals surface area contributed by atoms with Gasteiger partial charge in [-0.3, -0.25) is 4.79 Å². The van der Waals surface area contributed by atoms with Crippen LogP contribution in [0.5, 0.6) is 0 Å². The molecule has 0 N–H and O–H groups in total. The number of amides is 1. The summed E-state index contributed by atoms with van der Waals surface area (Å²) < 4.78 is 17.6. The van der Waals surface area contributed by atoms with Gasteiger partial charge in [-0.25, -0.2) is 19.0 Å². The summed E-state index contributed by atoms with van der Waals surface area (Å²) in [7, 11) is 1.26. The van der Waals surface area contributed by atoms with E-state index in [9.17, 15) is 19.2 Å². The monoisotopic (exact) mass is 548 g/mol. The smallest absolute Gasteiger partial charge is 0.419 e. The van der Waals surface area contributed by atoms with Crippen LogP contribution in [0.15, 0.2) is 42.5 Å². The number of methoxy groups -OCH3 is 1. The molecule has 0 aliphatic carbocycles. The molecule has 1 aliphatic heterocycles. The highest BCUT2D eigenvalue weighted by Gasteiger charge is 2.34. The van der Waals surface area contributed by atoms with E-state index in [0.717, 1.165) is 18.4 Å². The van der Waals surface area contributed by atoms with Crippen LogP contribution in [-0.2, 0) is 14.2 Å².